The summed E-state index contributed by atoms with van der Waals surface area (Å²) in [5.41, 5.74) is 3.74. The summed E-state index contributed by atoms with van der Waals surface area (Å²) in [6.07, 6.45) is 6.47. The summed E-state index contributed by atoms with van der Waals surface area (Å²) in [6.45, 7) is 4.26. The zero-order chi connectivity index (χ0) is 11.8. The topological polar surface area (TPSA) is 29.9 Å². The number of aromatic nitrogens is 2. The van der Waals surface area contributed by atoms with Crippen LogP contribution in [0.15, 0.2) is 30.6 Å². The van der Waals surface area contributed by atoms with Crippen molar-refractivity contribution in [1.82, 2.24) is 9.55 Å². The van der Waals surface area contributed by atoms with E-state index in [1.54, 1.807) is 0 Å². The van der Waals surface area contributed by atoms with Gasteiger partial charge in [0, 0.05) is 24.1 Å². The average molecular weight is 227 g/mol. The molecule has 0 unspecified atom stereocenters. The summed E-state index contributed by atoms with van der Waals surface area (Å²) < 4.78 is 2.23. The molecule has 1 fully saturated rings. The zero-order valence-electron chi connectivity index (χ0n) is 10.3. The Morgan fingerprint density at radius 2 is 2.06 bits per heavy atom. The second kappa shape index (κ2) is 3.91. The molecule has 1 heterocycles. The SMILES string of the molecule is Cc1ccc(Nc2nccn2C2CC2)cc1C. The Labute approximate surface area is 101 Å². The highest BCUT2D eigenvalue weighted by Gasteiger charge is 2.25. The van der Waals surface area contributed by atoms with Gasteiger partial charge in [0.1, 0.15) is 0 Å². The van der Waals surface area contributed by atoms with Gasteiger partial charge in [-0.1, -0.05) is 6.07 Å². The number of imidazole rings is 1. The van der Waals surface area contributed by atoms with Crippen LogP contribution >= 0.6 is 0 Å². The Morgan fingerprint density at radius 3 is 2.76 bits per heavy atom. The average Bonchev–Trinajstić information content (AvgIpc) is 3.05. The van der Waals surface area contributed by atoms with E-state index < -0.39 is 0 Å². The summed E-state index contributed by atoms with van der Waals surface area (Å²) in [4.78, 5) is 4.38. The van der Waals surface area contributed by atoms with Crippen molar-refractivity contribution in [3.8, 4) is 0 Å². The molecule has 1 aliphatic rings. The van der Waals surface area contributed by atoms with Gasteiger partial charge in [-0.15, -0.1) is 0 Å². The van der Waals surface area contributed by atoms with Crippen molar-refractivity contribution in [2.24, 2.45) is 0 Å². The normalized spacial score (nSPS) is 14.9. The van der Waals surface area contributed by atoms with Gasteiger partial charge in [0.25, 0.3) is 0 Å². The number of hydrogen-bond acceptors (Lipinski definition) is 2. The third-order valence-electron chi connectivity index (χ3n) is 3.37. The Kier molecular flexibility index (Phi) is 2.39. The first-order valence-corrected chi connectivity index (χ1v) is 6.11. The van der Waals surface area contributed by atoms with Crippen LogP contribution in [0, 0.1) is 13.8 Å². The van der Waals surface area contributed by atoms with Gasteiger partial charge in [-0.05, 0) is 49.9 Å². The number of benzene rings is 1. The summed E-state index contributed by atoms with van der Waals surface area (Å²) in [6, 6.07) is 7.07. The van der Waals surface area contributed by atoms with Crippen LogP contribution in [0.3, 0.4) is 0 Å². The molecular weight excluding hydrogens is 210 g/mol. The molecule has 0 atom stereocenters. The third-order valence-corrected chi connectivity index (χ3v) is 3.37. The summed E-state index contributed by atoms with van der Waals surface area (Å²) in [7, 11) is 0. The molecule has 1 aliphatic carbocycles. The van der Waals surface area contributed by atoms with Gasteiger partial charge in [-0.3, -0.25) is 0 Å². The lowest BCUT2D eigenvalue weighted by molar-refractivity contribution is 0.751. The predicted octanol–water partition coefficient (Wildman–Crippen LogP) is 3.58. The van der Waals surface area contributed by atoms with Crippen molar-refractivity contribution in [2.75, 3.05) is 5.32 Å². The lowest BCUT2D eigenvalue weighted by Gasteiger charge is -2.10. The smallest absolute Gasteiger partial charge is 0.207 e. The zero-order valence-corrected chi connectivity index (χ0v) is 10.3. The minimum Gasteiger partial charge on any atom is -0.326 e. The molecule has 0 saturated heterocycles. The van der Waals surface area contributed by atoms with E-state index in [0.29, 0.717) is 6.04 Å². The summed E-state index contributed by atoms with van der Waals surface area (Å²) >= 11 is 0. The predicted molar refractivity (Wildman–Crippen MR) is 69.7 cm³/mol. The van der Waals surface area contributed by atoms with Crippen LogP contribution in [0.5, 0.6) is 0 Å². The van der Waals surface area contributed by atoms with Gasteiger partial charge in [-0.25, -0.2) is 4.98 Å². The maximum atomic E-state index is 4.38. The fourth-order valence-electron chi connectivity index (χ4n) is 2.01. The van der Waals surface area contributed by atoms with E-state index in [-0.39, 0.29) is 0 Å². The molecule has 1 N–H and O–H groups in total. The molecule has 0 bridgehead atoms. The highest BCUT2D eigenvalue weighted by Crippen LogP contribution is 2.37. The number of anilines is 2. The van der Waals surface area contributed by atoms with E-state index in [1.807, 2.05) is 6.20 Å². The molecule has 0 aliphatic heterocycles. The highest BCUT2D eigenvalue weighted by molar-refractivity contribution is 5.56. The van der Waals surface area contributed by atoms with Crippen molar-refractivity contribution in [1.29, 1.82) is 0 Å². The van der Waals surface area contributed by atoms with Gasteiger partial charge < -0.3 is 9.88 Å². The molecule has 1 aromatic carbocycles. The van der Waals surface area contributed by atoms with E-state index in [4.69, 9.17) is 0 Å². The van der Waals surface area contributed by atoms with E-state index in [0.717, 1.165) is 11.6 Å². The number of nitrogens with zero attached hydrogens (tertiary/aromatic N) is 2. The molecule has 88 valence electrons. The Morgan fingerprint density at radius 1 is 1.24 bits per heavy atom. The lowest BCUT2D eigenvalue weighted by Crippen LogP contribution is -2.01. The molecule has 1 saturated carbocycles. The second-order valence-electron chi connectivity index (χ2n) is 4.81. The van der Waals surface area contributed by atoms with Crippen LogP contribution in [0.1, 0.15) is 30.0 Å². The van der Waals surface area contributed by atoms with Crippen LogP contribution in [-0.2, 0) is 0 Å². The van der Waals surface area contributed by atoms with Crippen molar-refractivity contribution in [2.45, 2.75) is 32.7 Å². The highest BCUT2D eigenvalue weighted by atomic mass is 15.2. The number of rotatable bonds is 3. The van der Waals surface area contributed by atoms with Gasteiger partial charge in [0.2, 0.25) is 5.95 Å². The quantitative estimate of drug-likeness (QED) is 0.868. The van der Waals surface area contributed by atoms with Crippen molar-refractivity contribution < 1.29 is 0 Å². The molecule has 0 amide bonds. The van der Waals surface area contributed by atoms with E-state index in [9.17, 15) is 0 Å². The monoisotopic (exact) mass is 227 g/mol. The molecule has 0 radical (unpaired) electrons. The van der Waals surface area contributed by atoms with Crippen LogP contribution in [0.2, 0.25) is 0 Å². The summed E-state index contributed by atoms with van der Waals surface area (Å²) in [5, 5.41) is 3.39. The van der Waals surface area contributed by atoms with E-state index >= 15 is 0 Å². The summed E-state index contributed by atoms with van der Waals surface area (Å²) in [5.74, 6) is 0.954. The molecule has 2 aromatic rings. The third kappa shape index (κ3) is 2.05. The first-order valence-electron chi connectivity index (χ1n) is 6.11. The number of nitrogens with one attached hydrogen (secondary N) is 1. The van der Waals surface area contributed by atoms with Gasteiger partial charge in [0.15, 0.2) is 0 Å². The molecule has 3 nitrogen and oxygen atoms in total. The standard InChI is InChI=1S/C14H17N3/c1-10-3-4-12(9-11(10)2)16-14-15-7-8-17(14)13-5-6-13/h3-4,7-9,13H,5-6H2,1-2H3,(H,15,16). The molecule has 0 spiro atoms. The first kappa shape index (κ1) is 10.4. The Balaban J connectivity index is 1.85. The number of aryl methyl sites for hydroxylation is 2. The maximum Gasteiger partial charge on any atom is 0.207 e. The van der Waals surface area contributed by atoms with Crippen LogP contribution < -0.4 is 5.32 Å². The van der Waals surface area contributed by atoms with Crippen molar-refractivity contribution >= 4 is 11.6 Å². The minimum absolute atomic E-state index is 0.659. The van der Waals surface area contributed by atoms with Crippen LogP contribution in [-0.4, -0.2) is 9.55 Å². The fourth-order valence-corrected chi connectivity index (χ4v) is 2.01. The molecule has 17 heavy (non-hydrogen) atoms. The lowest BCUT2D eigenvalue weighted by atomic mass is 10.1. The van der Waals surface area contributed by atoms with Gasteiger partial charge >= 0.3 is 0 Å². The molecule has 3 rings (SSSR count). The maximum absolute atomic E-state index is 4.38. The molecule has 1 aromatic heterocycles. The first-order chi connectivity index (χ1) is 8.24. The van der Waals surface area contributed by atoms with Gasteiger partial charge in [-0.2, -0.15) is 0 Å². The van der Waals surface area contributed by atoms with Crippen molar-refractivity contribution in [3.63, 3.8) is 0 Å². The minimum atomic E-state index is 0.659. The van der Waals surface area contributed by atoms with E-state index in [2.05, 4.69) is 53.1 Å². The Hall–Kier alpha value is -1.77. The van der Waals surface area contributed by atoms with Crippen LogP contribution in [0.4, 0.5) is 11.6 Å². The molecule has 3 heteroatoms. The second-order valence-corrected chi connectivity index (χ2v) is 4.81. The largest absolute Gasteiger partial charge is 0.326 e. The van der Waals surface area contributed by atoms with Gasteiger partial charge in [0.05, 0.1) is 0 Å². The van der Waals surface area contributed by atoms with Crippen molar-refractivity contribution in [3.05, 3.63) is 41.7 Å². The van der Waals surface area contributed by atoms with Crippen LogP contribution in [0.25, 0.3) is 0 Å². The number of hydrogen-bond donors (Lipinski definition) is 1. The molecular formula is C14H17N3. The fraction of sp³-hybridized carbons (Fsp3) is 0.357. The van der Waals surface area contributed by atoms with E-state index in [1.165, 1.54) is 24.0 Å². The Bertz CT molecular complexity index is 538.